The molecule has 0 aliphatic heterocycles. The molecule has 0 radical (unpaired) electrons. The SMILES string of the molecule is CC(C)CC(=O)NCC1CCCCC1Br. The van der Waals surface area contributed by atoms with Gasteiger partial charge in [-0.1, -0.05) is 42.6 Å². The van der Waals surface area contributed by atoms with E-state index in [9.17, 15) is 4.79 Å². The normalized spacial score (nSPS) is 26.7. The highest BCUT2D eigenvalue weighted by Crippen LogP contribution is 2.29. The second kappa shape index (κ2) is 6.51. The van der Waals surface area contributed by atoms with Gasteiger partial charge in [0.1, 0.15) is 0 Å². The molecular formula is C12H22BrNO. The summed E-state index contributed by atoms with van der Waals surface area (Å²) < 4.78 is 0. The van der Waals surface area contributed by atoms with Gasteiger partial charge in [0.15, 0.2) is 0 Å². The fraction of sp³-hybridized carbons (Fsp3) is 0.917. The summed E-state index contributed by atoms with van der Waals surface area (Å²) in [6, 6.07) is 0. The lowest BCUT2D eigenvalue weighted by Gasteiger charge is -2.27. The molecule has 2 atom stereocenters. The molecule has 1 N–H and O–H groups in total. The van der Waals surface area contributed by atoms with Crippen molar-refractivity contribution < 1.29 is 4.79 Å². The Hall–Kier alpha value is -0.0500. The summed E-state index contributed by atoms with van der Waals surface area (Å²) in [6.45, 7) is 5.00. The third kappa shape index (κ3) is 5.01. The van der Waals surface area contributed by atoms with Crippen molar-refractivity contribution in [1.82, 2.24) is 5.32 Å². The summed E-state index contributed by atoms with van der Waals surface area (Å²) in [5.41, 5.74) is 0. The van der Waals surface area contributed by atoms with Crippen LogP contribution < -0.4 is 5.32 Å². The summed E-state index contributed by atoms with van der Waals surface area (Å²) >= 11 is 3.70. The average molecular weight is 276 g/mol. The van der Waals surface area contributed by atoms with Crippen molar-refractivity contribution in [2.24, 2.45) is 11.8 Å². The molecule has 0 aromatic rings. The number of hydrogen-bond donors (Lipinski definition) is 1. The molecule has 0 spiro atoms. The van der Waals surface area contributed by atoms with Crippen LogP contribution >= 0.6 is 15.9 Å². The Kier molecular flexibility index (Phi) is 5.65. The smallest absolute Gasteiger partial charge is 0.220 e. The van der Waals surface area contributed by atoms with Crippen molar-refractivity contribution in [1.29, 1.82) is 0 Å². The lowest BCUT2D eigenvalue weighted by atomic mass is 9.89. The van der Waals surface area contributed by atoms with Gasteiger partial charge in [0, 0.05) is 17.8 Å². The highest BCUT2D eigenvalue weighted by atomic mass is 79.9. The van der Waals surface area contributed by atoms with Gasteiger partial charge >= 0.3 is 0 Å². The number of carbonyl (C=O) groups excluding carboxylic acids is 1. The molecule has 1 amide bonds. The molecule has 0 saturated heterocycles. The molecule has 1 saturated carbocycles. The van der Waals surface area contributed by atoms with Gasteiger partial charge in [0.25, 0.3) is 0 Å². The average Bonchev–Trinajstić information content (AvgIpc) is 2.15. The van der Waals surface area contributed by atoms with E-state index in [1.807, 2.05) is 0 Å². The first-order chi connectivity index (χ1) is 7.09. The third-order valence-electron chi connectivity index (χ3n) is 2.97. The summed E-state index contributed by atoms with van der Waals surface area (Å²) in [5.74, 6) is 1.29. The van der Waals surface area contributed by atoms with Gasteiger partial charge in [-0.3, -0.25) is 4.79 Å². The van der Waals surface area contributed by atoms with Crippen molar-refractivity contribution in [3.8, 4) is 0 Å². The first-order valence-electron chi connectivity index (χ1n) is 6.00. The van der Waals surface area contributed by atoms with E-state index in [2.05, 4.69) is 35.1 Å². The zero-order chi connectivity index (χ0) is 11.3. The molecule has 88 valence electrons. The van der Waals surface area contributed by atoms with Crippen LogP contribution in [0.5, 0.6) is 0 Å². The van der Waals surface area contributed by atoms with Gasteiger partial charge in [-0.25, -0.2) is 0 Å². The lowest BCUT2D eigenvalue weighted by molar-refractivity contribution is -0.122. The van der Waals surface area contributed by atoms with Crippen molar-refractivity contribution in [3.63, 3.8) is 0 Å². The molecule has 0 heterocycles. The summed E-state index contributed by atoms with van der Waals surface area (Å²) in [5, 5.41) is 3.05. The zero-order valence-electron chi connectivity index (χ0n) is 9.76. The molecule has 1 aliphatic carbocycles. The van der Waals surface area contributed by atoms with Crippen LogP contribution in [0.1, 0.15) is 46.0 Å². The minimum absolute atomic E-state index is 0.204. The molecular weight excluding hydrogens is 254 g/mol. The van der Waals surface area contributed by atoms with Crippen LogP contribution in [0.4, 0.5) is 0 Å². The predicted molar refractivity (Wildman–Crippen MR) is 67.1 cm³/mol. The Morgan fingerprint density at radius 1 is 1.40 bits per heavy atom. The fourth-order valence-corrected chi connectivity index (χ4v) is 2.86. The standard InChI is InChI=1S/C12H22BrNO/c1-9(2)7-12(15)14-8-10-5-3-4-6-11(10)13/h9-11H,3-8H2,1-2H3,(H,14,15). The molecule has 0 aromatic heterocycles. The van der Waals surface area contributed by atoms with Gasteiger partial charge in [0.05, 0.1) is 0 Å². The van der Waals surface area contributed by atoms with Gasteiger partial charge in [0.2, 0.25) is 5.91 Å². The van der Waals surface area contributed by atoms with Crippen LogP contribution in [0.25, 0.3) is 0 Å². The molecule has 2 unspecified atom stereocenters. The largest absolute Gasteiger partial charge is 0.356 e. The maximum atomic E-state index is 11.5. The molecule has 15 heavy (non-hydrogen) atoms. The fourth-order valence-electron chi connectivity index (χ4n) is 2.08. The molecule has 1 rings (SSSR count). The van der Waals surface area contributed by atoms with E-state index in [1.54, 1.807) is 0 Å². The van der Waals surface area contributed by atoms with E-state index >= 15 is 0 Å². The van der Waals surface area contributed by atoms with Crippen LogP contribution in [0.15, 0.2) is 0 Å². The number of nitrogens with one attached hydrogen (secondary N) is 1. The van der Waals surface area contributed by atoms with Crippen LogP contribution in [0.2, 0.25) is 0 Å². The van der Waals surface area contributed by atoms with Crippen LogP contribution in [0.3, 0.4) is 0 Å². The minimum Gasteiger partial charge on any atom is -0.356 e. The Labute approximate surface area is 101 Å². The maximum Gasteiger partial charge on any atom is 0.220 e. The predicted octanol–water partition coefficient (Wildman–Crippen LogP) is 3.10. The third-order valence-corrected chi connectivity index (χ3v) is 4.18. The van der Waals surface area contributed by atoms with Gasteiger partial charge in [-0.15, -0.1) is 0 Å². The van der Waals surface area contributed by atoms with E-state index < -0.39 is 0 Å². The molecule has 0 bridgehead atoms. The summed E-state index contributed by atoms with van der Waals surface area (Å²) in [4.78, 5) is 12.1. The Bertz CT molecular complexity index is 206. The van der Waals surface area contributed by atoms with Crippen molar-refractivity contribution in [2.75, 3.05) is 6.54 Å². The molecule has 1 fully saturated rings. The van der Waals surface area contributed by atoms with E-state index in [0.29, 0.717) is 23.1 Å². The molecule has 1 aliphatic rings. The topological polar surface area (TPSA) is 29.1 Å². The number of halogens is 1. The van der Waals surface area contributed by atoms with Gasteiger partial charge < -0.3 is 5.32 Å². The maximum absolute atomic E-state index is 11.5. The number of alkyl halides is 1. The van der Waals surface area contributed by atoms with Crippen LogP contribution in [-0.4, -0.2) is 17.3 Å². The van der Waals surface area contributed by atoms with Crippen molar-refractivity contribution >= 4 is 21.8 Å². The number of hydrogen-bond acceptors (Lipinski definition) is 1. The number of amides is 1. The zero-order valence-corrected chi connectivity index (χ0v) is 11.3. The van der Waals surface area contributed by atoms with Crippen molar-refractivity contribution in [2.45, 2.75) is 50.8 Å². The van der Waals surface area contributed by atoms with Gasteiger partial charge in [-0.05, 0) is 24.7 Å². The first-order valence-corrected chi connectivity index (χ1v) is 6.92. The van der Waals surface area contributed by atoms with E-state index in [-0.39, 0.29) is 5.91 Å². The molecule has 0 aromatic carbocycles. The number of carbonyl (C=O) groups is 1. The first kappa shape index (κ1) is 13.0. The Balaban J connectivity index is 2.20. The summed E-state index contributed by atoms with van der Waals surface area (Å²) in [7, 11) is 0. The second-order valence-electron chi connectivity index (χ2n) is 4.96. The monoisotopic (exact) mass is 275 g/mol. The Morgan fingerprint density at radius 3 is 2.67 bits per heavy atom. The van der Waals surface area contributed by atoms with E-state index in [0.717, 1.165) is 6.54 Å². The summed E-state index contributed by atoms with van der Waals surface area (Å²) in [6.07, 6.45) is 5.79. The van der Waals surface area contributed by atoms with E-state index in [4.69, 9.17) is 0 Å². The van der Waals surface area contributed by atoms with Crippen LogP contribution in [-0.2, 0) is 4.79 Å². The molecule has 3 heteroatoms. The van der Waals surface area contributed by atoms with E-state index in [1.165, 1.54) is 25.7 Å². The second-order valence-corrected chi connectivity index (χ2v) is 6.14. The minimum atomic E-state index is 0.204. The molecule has 2 nitrogen and oxygen atoms in total. The highest BCUT2D eigenvalue weighted by Gasteiger charge is 2.22. The van der Waals surface area contributed by atoms with Crippen LogP contribution in [0, 0.1) is 11.8 Å². The number of rotatable bonds is 4. The van der Waals surface area contributed by atoms with Gasteiger partial charge in [-0.2, -0.15) is 0 Å². The lowest BCUT2D eigenvalue weighted by Crippen LogP contribution is -2.34. The highest BCUT2D eigenvalue weighted by molar-refractivity contribution is 9.09. The van der Waals surface area contributed by atoms with Crippen molar-refractivity contribution in [3.05, 3.63) is 0 Å². The quantitative estimate of drug-likeness (QED) is 0.785. The Morgan fingerprint density at radius 2 is 2.07 bits per heavy atom.